The number of amides is 2. The number of nitrogens with one attached hydrogen (secondary N) is 2. The lowest BCUT2D eigenvalue weighted by molar-refractivity contribution is -0.148. The van der Waals surface area contributed by atoms with E-state index in [-0.39, 0.29) is 5.82 Å². The molecule has 0 bridgehead atoms. The van der Waals surface area contributed by atoms with Crippen LogP contribution in [0.3, 0.4) is 0 Å². The molecular weight excluding hydrogens is 350 g/mol. The number of aryl methyl sites for hydroxylation is 1. The number of halogens is 1. The van der Waals surface area contributed by atoms with Crippen LogP contribution in [-0.4, -0.2) is 35.6 Å². The van der Waals surface area contributed by atoms with Gasteiger partial charge < -0.3 is 19.9 Å². The quantitative estimate of drug-likeness (QED) is 0.757. The predicted octanol–water partition coefficient (Wildman–Crippen LogP) is 1.94. The van der Waals surface area contributed by atoms with Crippen LogP contribution in [0, 0.1) is 6.92 Å². The molecule has 0 fully saturated rings. The fourth-order valence-electron chi connectivity index (χ4n) is 1.81. The van der Waals surface area contributed by atoms with Crippen molar-refractivity contribution in [3.05, 3.63) is 46.7 Å². The van der Waals surface area contributed by atoms with Crippen molar-refractivity contribution in [3.8, 4) is 0 Å². The number of carbonyl (C=O) groups excluding carboxylic acids is 3. The Morgan fingerprint density at radius 2 is 1.96 bits per heavy atom. The highest BCUT2D eigenvalue weighted by molar-refractivity contribution is 6.30. The predicted molar refractivity (Wildman–Crippen MR) is 89.2 cm³/mol. The zero-order chi connectivity index (χ0) is 18.4. The minimum Gasteiger partial charge on any atom is -0.454 e. The molecule has 1 heterocycles. The number of nitrogens with zero attached hydrogens (tertiary/aromatic N) is 1. The largest absolute Gasteiger partial charge is 0.454 e. The number of carbonyl (C=O) groups is 3. The number of aromatic nitrogens is 1. The van der Waals surface area contributed by atoms with E-state index < -0.39 is 30.4 Å². The van der Waals surface area contributed by atoms with Crippen LogP contribution >= 0.6 is 11.6 Å². The van der Waals surface area contributed by atoms with Crippen molar-refractivity contribution in [3.63, 3.8) is 0 Å². The lowest BCUT2D eigenvalue weighted by Crippen LogP contribution is -2.40. The van der Waals surface area contributed by atoms with E-state index in [4.69, 9.17) is 20.9 Å². The molecule has 1 aromatic carbocycles. The Morgan fingerprint density at radius 3 is 2.56 bits per heavy atom. The molecule has 132 valence electrons. The van der Waals surface area contributed by atoms with Gasteiger partial charge in [-0.15, -0.1) is 0 Å². The van der Waals surface area contributed by atoms with Gasteiger partial charge in [-0.2, -0.15) is 0 Å². The maximum Gasteiger partial charge on any atom is 0.328 e. The van der Waals surface area contributed by atoms with Gasteiger partial charge in [0.15, 0.2) is 12.4 Å². The first-order valence-electron chi connectivity index (χ1n) is 7.31. The zero-order valence-corrected chi connectivity index (χ0v) is 14.3. The van der Waals surface area contributed by atoms with E-state index in [9.17, 15) is 14.4 Å². The van der Waals surface area contributed by atoms with E-state index >= 15 is 0 Å². The Kier molecular flexibility index (Phi) is 6.13. The van der Waals surface area contributed by atoms with Gasteiger partial charge in [-0.25, -0.2) is 4.79 Å². The van der Waals surface area contributed by atoms with E-state index in [0.717, 1.165) is 0 Å². The molecule has 0 aliphatic rings. The molecule has 0 unspecified atom stereocenters. The molecule has 0 radical (unpaired) electrons. The van der Waals surface area contributed by atoms with Gasteiger partial charge in [0.25, 0.3) is 11.8 Å². The summed E-state index contributed by atoms with van der Waals surface area (Å²) in [7, 11) is 0. The van der Waals surface area contributed by atoms with Gasteiger partial charge in [-0.05, 0) is 38.1 Å². The third kappa shape index (κ3) is 5.61. The molecular formula is C16H16ClN3O5. The summed E-state index contributed by atoms with van der Waals surface area (Å²) in [5.74, 6) is -1.01. The molecule has 8 nitrogen and oxygen atoms in total. The SMILES string of the molecule is Cc1cc(NC(=O)COC(=O)[C@H](C)NC(=O)c2ccc(Cl)cc2)no1. The molecule has 2 aromatic rings. The van der Waals surface area contributed by atoms with Crippen molar-refractivity contribution in [2.75, 3.05) is 11.9 Å². The fourth-order valence-corrected chi connectivity index (χ4v) is 1.93. The van der Waals surface area contributed by atoms with E-state index in [2.05, 4.69) is 15.8 Å². The van der Waals surface area contributed by atoms with E-state index in [1.165, 1.54) is 25.1 Å². The molecule has 0 saturated heterocycles. The Bertz CT molecular complexity index is 772. The average molecular weight is 366 g/mol. The minimum absolute atomic E-state index is 0.225. The second kappa shape index (κ2) is 8.29. The summed E-state index contributed by atoms with van der Waals surface area (Å²) in [5.41, 5.74) is 0.350. The normalized spacial score (nSPS) is 11.5. The number of rotatable bonds is 6. The molecule has 2 rings (SSSR count). The van der Waals surface area contributed by atoms with E-state index in [0.29, 0.717) is 16.3 Å². The van der Waals surface area contributed by atoms with Crippen LogP contribution in [-0.2, 0) is 14.3 Å². The fraction of sp³-hybridized carbons (Fsp3) is 0.250. The van der Waals surface area contributed by atoms with Gasteiger partial charge in [0.05, 0.1) is 0 Å². The molecule has 9 heteroatoms. The van der Waals surface area contributed by atoms with Crippen LogP contribution < -0.4 is 10.6 Å². The van der Waals surface area contributed by atoms with Crippen LogP contribution in [0.5, 0.6) is 0 Å². The Balaban J connectivity index is 1.78. The van der Waals surface area contributed by atoms with Crippen molar-refractivity contribution >= 4 is 35.2 Å². The van der Waals surface area contributed by atoms with E-state index in [1.807, 2.05) is 0 Å². The standard InChI is InChI=1S/C16H16ClN3O5/c1-9-7-13(20-25-9)19-14(21)8-24-16(23)10(2)18-15(22)11-3-5-12(17)6-4-11/h3-7,10H,8H2,1-2H3,(H,18,22)(H,19,20,21)/t10-/m0/s1. The minimum atomic E-state index is -0.926. The highest BCUT2D eigenvalue weighted by Gasteiger charge is 2.19. The Morgan fingerprint density at radius 1 is 1.28 bits per heavy atom. The molecule has 0 aliphatic heterocycles. The first-order chi connectivity index (χ1) is 11.8. The van der Waals surface area contributed by atoms with Gasteiger partial charge in [-0.1, -0.05) is 16.8 Å². The maximum atomic E-state index is 12.0. The Hall–Kier alpha value is -2.87. The summed E-state index contributed by atoms with van der Waals surface area (Å²) in [6.07, 6.45) is 0. The number of ether oxygens (including phenoxy) is 1. The lowest BCUT2D eigenvalue weighted by atomic mass is 10.2. The number of hydrogen-bond donors (Lipinski definition) is 2. The summed E-state index contributed by atoms with van der Waals surface area (Å²) < 4.78 is 9.65. The van der Waals surface area contributed by atoms with Gasteiger partial charge >= 0.3 is 5.97 Å². The highest BCUT2D eigenvalue weighted by Crippen LogP contribution is 2.10. The van der Waals surface area contributed by atoms with E-state index in [1.54, 1.807) is 19.1 Å². The molecule has 1 atom stereocenters. The molecule has 2 amide bonds. The highest BCUT2D eigenvalue weighted by atomic mass is 35.5. The zero-order valence-electron chi connectivity index (χ0n) is 13.5. The van der Waals surface area contributed by atoms with Crippen molar-refractivity contribution in [2.24, 2.45) is 0 Å². The average Bonchev–Trinajstić information content (AvgIpc) is 2.97. The lowest BCUT2D eigenvalue weighted by Gasteiger charge is -2.13. The topological polar surface area (TPSA) is 111 Å². The molecule has 0 saturated carbocycles. The van der Waals surface area contributed by atoms with Crippen LogP contribution in [0.4, 0.5) is 5.82 Å². The van der Waals surface area contributed by atoms with Crippen LogP contribution in [0.15, 0.2) is 34.9 Å². The number of anilines is 1. The first-order valence-corrected chi connectivity index (χ1v) is 7.69. The maximum absolute atomic E-state index is 12.0. The van der Waals surface area contributed by atoms with Gasteiger partial charge in [0.1, 0.15) is 11.8 Å². The van der Waals surface area contributed by atoms with Crippen molar-refractivity contribution in [1.82, 2.24) is 10.5 Å². The van der Waals surface area contributed by atoms with Crippen molar-refractivity contribution in [1.29, 1.82) is 0 Å². The summed E-state index contributed by atoms with van der Waals surface area (Å²) in [5, 5.41) is 8.97. The van der Waals surface area contributed by atoms with Crippen molar-refractivity contribution in [2.45, 2.75) is 19.9 Å². The van der Waals surface area contributed by atoms with Gasteiger partial charge in [0, 0.05) is 16.7 Å². The van der Waals surface area contributed by atoms with Gasteiger partial charge in [-0.3, -0.25) is 9.59 Å². The Labute approximate surface area is 148 Å². The third-order valence-electron chi connectivity index (χ3n) is 3.05. The number of hydrogen-bond acceptors (Lipinski definition) is 6. The summed E-state index contributed by atoms with van der Waals surface area (Å²) in [4.78, 5) is 35.5. The second-order valence-corrected chi connectivity index (χ2v) is 5.62. The van der Waals surface area contributed by atoms with Crippen LogP contribution in [0.1, 0.15) is 23.0 Å². The van der Waals surface area contributed by atoms with Crippen LogP contribution in [0.2, 0.25) is 5.02 Å². The molecule has 0 spiro atoms. The third-order valence-corrected chi connectivity index (χ3v) is 3.30. The molecule has 2 N–H and O–H groups in total. The second-order valence-electron chi connectivity index (χ2n) is 5.18. The number of esters is 1. The molecule has 1 aromatic heterocycles. The smallest absolute Gasteiger partial charge is 0.328 e. The molecule has 25 heavy (non-hydrogen) atoms. The van der Waals surface area contributed by atoms with Crippen LogP contribution in [0.25, 0.3) is 0 Å². The van der Waals surface area contributed by atoms with Crippen molar-refractivity contribution < 1.29 is 23.6 Å². The van der Waals surface area contributed by atoms with Gasteiger partial charge in [0.2, 0.25) is 0 Å². The molecule has 0 aliphatic carbocycles. The summed E-state index contributed by atoms with van der Waals surface area (Å²) in [6, 6.07) is 6.79. The number of benzene rings is 1. The monoisotopic (exact) mass is 365 g/mol. The summed E-state index contributed by atoms with van der Waals surface area (Å²) >= 11 is 5.75. The first kappa shape index (κ1) is 18.5. The summed E-state index contributed by atoms with van der Waals surface area (Å²) in [6.45, 7) is 2.62.